The van der Waals surface area contributed by atoms with Crippen molar-refractivity contribution in [2.45, 2.75) is 13.3 Å². The van der Waals surface area contributed by atoms with E-state index in [1.165, 1.54) is 23.1 Å². The van der Waals surface area contributed by atoms with E-state index in [2.05, 4.69) is 9.71 Å². The second-order valence-electron chi connectivity index (χ2n) is 6.16. The topological polar surface area (TPSA) is 79.4 Å². The monoisotopic (exact) mass is 379 g/mol. The van der Waals surface area contributed by atoms with Crippen molar-refractivity contribution in [1.82, 2.24) is 9.88 Å². The van der Waals surface area contributed by atoms with Crippen LogP contribution < -0.4 is 4.72 Å². The predicted octanol–water partition coefficient (Wildman–Crippen LogP) is 2.30. The molecular weight excluding hydrogens is 357 g/mol. The summed E-state index contributed by atoms with van der Waals surface area (Å²) in [4.78, 5) is 17.9. The van der Waals surface area contributed by atoms with Gasteiger partial charge in [-0.1, -0.05) is 13.0 Å². The molecule has 0 bridgehead atoms. The third-order valence-corrected chi connectivity index (χ3v) is 5.34. The Balaban J connectivity index is 1.90. The van der Waals surface area contributed by atoms with Crippen molar-refractivity contribution in [1.29, 1.82) is 0 Å². The number of nitrogens with one attached hydrogen (secondary N) is 1. The molecule has 0 aliphatic carbocycles. The van der Waals surface area contributed by atoms with Crippen LogP contribution in [0.15, 0.2) is 48.8 Å². The number of aromatic nitrogens is 1. The summed E-state index contributed by atoms with van der Waals surface area (Å²) in [6, 6.07) is 8.92. The minimum absolute atomic E-state index is 0.135. The Morgan fingerprint density at radius 3 is 2.62 bits per heavy atom. The summed E-state index contributed by atoms with van der Waals surface area (Å²) >= 11 is 0. The van der Waals surface area contributed by atoms with Gasteiger partial charge in [-0.3, -0.25) is 14.5 Å². The van der Waals surface area contributed by atoms with E-state index in [-0.39, 0.29) is 17.3 Å². The van der Waals surface area contributed by atoms with Crippen molar-refractivity contribution in [3.05, 3.63) is 60.2 Å². The predicted molar refractivity (Wildman–Crippen MR) is 98.6 cm³/mol. The Hall–Kier alpha value is -2.48. The number of anilines is 1. The summed E-state index contributed by atoms with van der Waals surface area (Å²) in [5, 5.41) is 0. The first kappa shape index (κ1) is 19.8. The number of hydrogen-bond donors (Lipinski definition) is 1. The first-order valence-corrected chi connectivity index (χ1v) is 9.82. The molecule has 2 rings (SSSR count). The van der Waals surface area contributed by atoms with Crippen LogP contribution in [0.4, 0.5) is 10.1 Å². The molecule has 6 nitrogen and oxygen atoms in total. The summed E-state index contributed by atoms with van der Waals surface area (Å²) in [5.41, 5.74) is 1.18. The zero-order valence-electron chi connectivity index (χ0n) is 14.7. The summed E-state index contributed by atoms with van der Waals surface area (Å²) in [5.74, 6) is -1.89. The lowest BCUT2D eigenvalue weighted by atomic mass is 10.1. The van der Waals surface area contributed by atoms with Gasteiger partial charge in [0.15, 0.2) is 0 Å². The van der Waals surface area contributed by atoms with Crippen molar-refractivity contribution >= 4 is 21.6 Å². The molecule has 140 valence electrons. The lowest BCUT2D eigenvalue weighted by Gasteiger charge is -2.21. The average Bonchev–Trinajstić information content (AvgIpc) is 2.59. The van der Waals surface area contributed by atoms with Gasteiger partial charge in [-0.2, -0.15) is 0 Å². The molecule has 1 atom stereocenters. The van der Waals surface area contributed by atoms with Crippen LogP contribution in [-0.4, -0.2) is 43.6 Å². The summed E-state index contributed by atoms with van der Waals surface area (Å²) in [7, 11) is -2.12. The highest BCUT2D eigenvalue weighted by Crippen LogP contribution is 2.14. The second kappa shape index (κ2) is 8.75. The highest BCUT2D eigenvalue weighted by atomic mass is 32.2. The SMILES string of the molecule is CC(CS(=O)(=O)Nc1cccc(F)c1)C(=O)N(C)CCc1ccncc1. The van der Waals surface area contributed by atoms with Crippen LogP contribution in [0.1, 0.15) is 12.5 Å². The van der Waals surface area contributed by atoms with Gasteiger partial charge in [-0.05, 0) is 42.3 Å². The highest BCUT2D eigenvalue weighted by molar-refractivity contribution is 7.92. The van der Waals surface area contributed by atoms with Gasteiger partial charge < -0.3 is 4.90 Å². The molecule has 0 saturated carbocycles. The fraction of sp³-hybridized carbons (Fsp3) is 0.333. The van der Waals surface area contributed by atoms with Crippen LogP contribution >= 0.6 is 0 Å². The molecule has 1 aromatic heterocycles. The minimum Gasteiger partial charge on any atom is -0.345 e. The summed E-state index contributed by atoms with van der Waals surface area (Å²) in [6.45, 7) is 2.04. The molecular formula is C18H22FN3O3S. The van der Waals surface area contributed by atoms with Crippen LogP contribution in [0.2, 0.25) is 0 Å². The molecule has 0 aliphatic rings. The molecule has 1 unspecified atom stereocenters. The van der Waals surface area contributed by atoms with Gasteiger partial charge in [0.05, 0.1) is 17.4 Å². The van der Waals surface area contributed by atoms with E-state index in [1.54, 1.807) is 26.4 Å². The molecule has 0 aliphatic heterocycles. The number of nitrogens with zero attached hydrogens (tertiary/aromatic N) is 2. The number of pyridine rings is 1. The van der Waals surface area contributed by atoms with Crippen molar-refractivity contribution in [2.24, 2.45) is 5.92 Å². The number of carbonyl (C=O) groups excluding carboxylic acids is 1. The van der Waals surface area contributed by atoms with Gasteiger partial charge in [0.1, 0.15) is 5.82 Å². The summed E-state index contributed by atoms with van der Waals surface area (Å²) < 4.78 is 39.9. The Bertz CT molecular complexity index is 844. The van der Waals surface area contributed by atoms with E-state index in [0.717, 1.165) is 11.6 Å². The molecule has 0 fully saturated rings. The maximum absolute atomic E-state index is 13.2. The first-order valence-electron chi connectivity index (χ1n) is 8.17. The lowest BCUT2D eigenvalue weighted by molar-refractivity contribution is -0.132. The quantitative estimate of drug-likeness (QED) is 0.763. The second-order valence-corrected chi connectivity index (χ2v) is 7.93. The van der Waals surface area contributed by atoms with Gasteiger partial charge in [-0.15, -0.1) is 0 Å². The average molecular weight is 379 g/mol. The van der Waals surface area contributed by atoms with E-state index < -0.39 is 21.8 Å². The number of amides is 1. The molecule has 1 amide bonds. The molecule has 8 heteroatoms. The Kier molecular flexibility index (Phi) is 6.68. The van der Waals surface area contributed by atoms with Gasteiger partial charge in [0.25, 0.3) is 0 Å². The number of hydrogen-bond acceptors (Lipinski definition) is 4. The molecule has 26 heavy (non-hydrogen) atoms. The first-order chi connectivity index (χ1) is 12.3. The minimum atomic E-state index is -3.77. The molecule has 0 saturated heterocycles. The van der Waals surface area contributed by atoms with Crippen molar-refractivity contribution < 1.29 is 17.6 Å². The van der Waals surface area contributed by atoms with Gasteiger partial charge in [0.2, 0.25) is 15.9 Å². The van der Waals surface area contributed by atoms with E-state index in [0.29, 0.717) is 13.0 Å². The number of likely N-dealkylation sites (N-methyl/N-ethyl adjacent to an activating group) is 1. The smallest absolute Gasteiger partial charge is 0.233 e. The normalized spacial score (nSPS) is 12.4. The van der Waals surface area contributed by atoms with Crippen LogP contribution in [0.25, 0.3) is 0 Å². The Labute approximate surface area is 153 Å². The molecule has 0 spiro atoms. The largest absolute Gasteiger partial charge is 0.345 e. The lowest BCUT2D eigenvalue weighted by Crippen LogP contribution is -2.37. The number of rotatable bonds is 8. The van der Waals surface area contributed by atoms with Crippen molar-refractivity contribution in [2.75, 3.05) is 24.1 Å². The van der Waals surface area contributed by atoms with Crippen LogP contribution in [0.3, 0.4) is 0 Å². The molecule has 0 radical (unpaired) electrons. The van der Waals surface area contributed by atoms with E-state index in [1.807, 2.05) is 12.1 Å². The zero-order chi connectivity index (χ0) is 19.2. The van der Waals surface area contributed by atoms with Crippen LogP contribution in [0.5, 0.6) is 0 Å². The fourth-order valence-corrected chi connectivity index (χ4v) is 3.88. The number of carbonyl (C=O) groups is 1. The van der Waals surface area contributed by atoms with Gasteiger partial charge in [0, 0.05) is 26.0 Å². The molecule has 1 aromatic carbocycles. The summed E-state index contributed by atoms with van der Waals surface area (Å²) in [6.07, 6.45) is 4.03. The highest BCUT2D eigenvalue weighted by Gasteiger charge is 2.24. The van der Waals surface area contributed by atoms with Crippen LogP contribution in [0, 0.1) is 11.7 Å². The molecule has 1 N–H and O–H groups in total. The Morgan fingerprint density at radius 2 is 1.96 bits per heavy atom. The van der Waals surface area contributed by atoms with Gasteiger partial charge >= 0.3 is 0 Å². The van der Waals surface area contributed by atoms with E-state index >= 15 is 0 Å². The van der Waals surface area contributed by atoms with Gasteiger partial charge in [-0.25, -0.2) is 12.8 Å². The number of halogens is 1. The molecule has 1 heterocycles. The number of sulfonamides is 1. The molecule has 2 aromatic rings. The van der Waals surface area contributed by atoms with Crippen molar-refractivity contribution in [3.8, 4) is 0 Å². The third kappa shape index (κ3) is 6.11. The zero-order valence-corrected chi connectivity index (χ0v) is 15.5. The maximum Gasteiger partial charge on any atom is 0.233 e. The maximum atomic E-state index is 13.2. The fourth-order valence-electron chi connectivity index (χ4n) is 2.51. The van der Waals surface area contributed by atoms with Crippen molar-refractivity contribution in [3.63, 3.8) is 0 Å². The van der Waals surface area contributed by atoms with Crippen LogP contribution in [-0.2, 0) is 21.2 Å². The Morgan fingerprint density at radius 1 is 1.27 bits per heavy atom. The number of benzene rings is 1. The standard InChI is InChI=1S/C18H22FN3O3S/c1-14(13-26(24,25)21-17-5-3-4-16(19)12-17)18(23)22(2)11-8-15-6-9-20-10-7-15/h3-7,9-10,12,14,21H,8,11,13H2,1-2H3. The van der Waals surface area contributed by atoms with E-state index in [4.69, 9.17) is 0 Å². The van der Waals surface area contributed by atoms with E-state index in [9.17, 15) is 17.6 Å². The third-order valence-electron chi connectivity index (χ3n) is 3.85.